The minimum absolute atomic E-state index is 0.489. The Morgan fingerprint density at radius 3 is 1.78 bits per heavy atom. The predicted octanol–water partition coefficient (Wildman–Crippen LogP) is 15.2. The highest BCUT2D eigenvalue weighted by molar-refractivity contribution is 7.26. The molecule has 3 aromatic heterocycles. The fraction of sp³-hybridized carbons (Fsp3) is 0.0172. The number of hydrogen-bond acceptors (Lipinski definition) is 5. The van der Waals surface area contributed by atoms with Gasteiger partial charge in [0.05, 0.1) is 5.41 Å². The highest BCUT2D eigenvalue weighted by Gasteiger charge is 2.46. The minimum atomic E-state index is -0.489. The molecule has 3 heterocycles. The van der Waals surface area contributed by atoms with Gasteiger partial charge in [-0.1, -0.05) is 182 Å². The van der Waals surface area contributed by atoms with E-state index in [1.54, 1.807) is 11.3 Å². The third-order valence-electron chi connectivity index (χ3n) is 12.8. The molecule has 0 aliphatic heterocycles. The van der Waals surface area contributed by atoms with E-state index in [-0.39, 0.29) is 0 Å². The number of benzene rings is 9. The van der Waals surface area contributed by atoms with Crippen LogP contribution in [0, 0.1) is 0 Å². The van der Waals surface area contributed by atoms with Gasteiger partial charge in [-0.3, -0.25) is 0 Å². The summed E-state index contributed by atoms with van der Waals surface area (Å²) >= 11 is 1.78. The summed E-state index contributed by atoms with van der Waals surface area (Å²) in [6.07, 6.45) is 0. The van der Waals surface area contributed by atoms with E-state index in [9.17, 15) is 0 Å². The molecule has 12 aromatic rings. The quantitative estimate of drug-likeness (QED) is 0.168. The lowest BCUT2D eigenvalue weighted by Crippen LogP contribution is -2.28. The molecule has 5 heteroatoms. The van der Waals surface area contributed by atoms with Crippen LogP contribution >= 0.6 is 11.3 Å². The summed E-state index contributed by atoms with van der Waals surface area (Å²) in [7, 11) is 0. The van der Waals surface area contributed by atoms with Gasteiger partial charge in [-0.25, -0.2) is 15.0 Å². The van der Waals surface area contributed by atoms with Crippen molar-refractivity contribution in [3.63, 3.8) is 0 Å². The molecule has 13 rings (SSSR count). The molecule has 9 aromatic carbocycles. The Balaban J connectivity index is 1.03. The van der Waals surface area contributed by atoms with Crippen LogP contribution in [0.25, 0.3) is 98.5 Å². The molecule has 294 valence electrons. The summed E-state index contributed by atoms with van der Waals surface area (Å²) in [6, 6.07) is 75.7. The van der Waals surface area contributed by atoms with E-state index in [4.69, 9.17) is 19.4 Å². The molecule has 0 bridgehead atoms. The van der Waals surface area contributed by atoms with Gasteiger partial charge < -0.3 is 4.42 Å². The second-order valence-corrected chi connectivity index (χ2v) is 17.3. The Morgan fingerprint density at radius 2 is 0.968 bits per heavy atom. The van der Waals surface area contributed by atoms with E-state index in [1.807, 2.05) is 30.3 Å². The molecule has 1 aliphatic rings. The number of rotatable bonds is 6. The normalized spacial score (nSPS) is 12.9. The zero-order valence-corrected chi connectivity index (χ0v) is 34.7. The van der Waals surface area contributed by atoms with Gasteiger partial charge in [-0.05, 0) is 74.8 Å². The van der Waals surface area contributed by atoms with E-state index < -0.39 is 5.41 Å². The van der Waals surface area contributed by atoms with Gasteiger partial charge in [-0.15, -0.1) is 11.3 Å². The molecule has 0 saturated heterocycles. The summed E-state index contributed by atoms with van der Waals surface area (Å²) in [5.41, 5.74) is 13.7. The second kappa shape index (κ2) is 14.0. The molecule has 0 saturated carbocycles. The van der Waals surface area contributed by atoms with Crippen molar-refractivity contribution in [3.05, 3.63) is 235 Å². The van der Waals surface area contributed by atoms with E-state index in [1.165, 1.54) is 54.4 Å². The average Bonchev–Trinajstić information content (AvgIpc) is 4.03. The Labute approximate surface area is 367 Å². The molecule has 0 radical (unpaired) electrons. The predicted molar refractivity (Wildman–Crippen MR) is 259 cm³/mol. The van der Waals surface area contributed by atoms with Gasteiger partial charge in [0.1, 0.15) is 11.2 Å². The summed E-state index contributed by atoms with van der Waals surface area (Å²) < 4.78 is 9.05. The van der Waals surface area contributed by atoms with Gasteiger partial charge in [0.15, 0.2) is 17.5 Å². The van der Waals surface area contributed by atoms with Crippen molar-refractivity contribution < 1.29 is 4.42 Å². The summed E-state index contributed by atoms with van der Waals surface area (Å²) in [5.74, 6) is 1.86. The van der Waals surface area contributed by atoms with E-state index in [0.717, 1.165) is 48.9 Å². The lowest BCUT2D eigenvalue weighted by Gasteiger charge is -2.34. The monoisotopic (exact) mass is 821 g/mol. The van der Waals surface area contributed by atoms with Crippen molar-refractivity contribution >= 4 is 53.4 Å². The maximum atomic E-state index is 6.65. The smallest absolute Gasteiger partial charge is 0.165 e. The maximum Gasteiger partial charge on any atom is 0.165 e. The van der Waals surface area contributed by atoms with Crippen LogP contribution in [0.5, 0.6) is 0 Å². The Morgan fingerprint density at radius 1 is 0.381 bits per heavy atom. The fourth-order valence-electron chi connectivity index (χ4n) is 10.2. The standard InChI is InChI=1S/C58H35N3OS/c1-4-17-36(18-5-1)55-59-56(61-57(60-55)45-28-14-26-42-41-23-11-13-32-51(41)63-54(42)45)44-27-16-31-50-53(44)46-35-37(33-34-49(46)62-50)40-25-15-30-48-52(40)43-24-10-12-29-47(43)58(48,38-19-6-2-7-20-38)39-21-8-3-9-22-39/h1-35H. The third-order valence-corrected chi connectivity index (χ3v) is 14.1. The van der Waals surface area contributed by atoms with Crippen LogP contribution in [-0.4, -0.2) is 15.0 Å². The maximum absolute atomic E-state index is 6.65. The Hall–Kier alpha value is -7.99. The van der Waals surface area contributed by atoms with Crippen LogP contribution in [0.4, 0.5) is 0 Å². The van der Waals surface area contributed by atoms with Crippen LogP contribution in [0.3, 0.4) is 0 Å². The Kier molecular flexibility index (Phi) is 7.96. The molecule has 4 nitrogen and oxygen atoms in total. The van der Waals surface area contributed by atoms with Crippen molar-refractivity contribution in [3.8, 4) is 56.4 Å². The lowest BCUT2D eigenvalue weighted by molar-refractivity contribution is 0.669. The molecular formula is C58H35N3OS. The first kappa shape index (κ1) is 35.7. The first-order chi connectivity index (χ1) is 31.2. The van der Waals surface area contributed by atoms with E-state index >= 15 is 0 Å². The third kappa shape index (κ3) is 5.37. The molecular weight excluding hydrogens is 787 g/mol. The van der Waals surface area contributed by atoms with Gasteiger partial charge in [0, 0.05) is 47.6 Å². The SMILES string of the molecule is c1ccc(-c2nc(-c3cccc4c3sc3ccccc34)nc(-c3cccc4oc5ccc(-c6cccc7c6-c6ccccc6C7(c6ccccc6)c6ccccc6)cc5c34)n2)cc1. The van der Waals surface area contributed by atoms with E-state index in [2.05, 4.69) is 182 Å². The Bertz CT molecular complexity index is 3700. The second-order valence-electron chi connectivity index (χ2n) is 16.2. The zero-order chi connectivity index (χ0) is 41.5. The van der Waals surface area contributed by atoms with Gasteiger partial charge in [0.25, 0.3) is 0 Å². The van der Waals surface area contributed by atoms with Crippen LogP contribution in [0.2, 0.25) is 0 Å². The number of furan rings is 1. The number of nitrogens with zero attached hydrogens (tertiary/aromatic N) is 3. The van der Waals surface area contributed by atoms with Crippen molar-refractivity contribution in [1.29, 1.82) is 0 Å². The van der Waals surface area contributed by atoms with Gasteiger partial charge >= 0.3 is 0 Å². The number of thiophene rings is 1. The number of fused-ring (bicyclic) bond motifs is 9. The topological polar surface area (TPSA) is 51.8 Å². The van der Waals surface area contributed by atoms with Crippen LogP contribution in [-0.2, 0) is 5.41 Å². The summed E-state index contributed by atoms with van der Waals surface area (Å²) in [4.78, 5) is 15.7. The number of aromatic nitrogens is 3. The van der Waals surface area contributed by atoms with Crippen molar-refractivity contribution in [1.82, 2.24) is 15.0 Å². The van der Waals surface area contributed by atoms with Gasteiger partial charge in [0.2, 0.25) is 0 Å². The highest BCUT2D eigenvalue weighted by Crippen LogP contribution is 2.58. The van der Waals surface area contributed by atoms with Gasteiger partial charge in [-0.2, -0.15) is 0 Å². The lowest BCUT2D eigenvalue weighted by atomic mass is 9.67. The van der Waals surface area contributed by atoms with Crippen molar-refractivity contribution in [2.75, 3.05) is 0 Å². The van der Waals surface area contributed by atoms with Crippen molar-refractivity contribution in [2.24, 2.45) is 0 Å². The van der Waals surface area contributed by atoms with Crippen LogP contribution < -0.4 is 0 Å². The van der Waals surface area contributed by atoms with Crippen molar-refractivity contribution in [2.45, 2.75) is 5.41 Å². The molecule has 1 aliphatic carbocycles. The summed E-state index contributed by atoms with van der Waals surface area (Å²) in [6.45, 7) is 0. The molecule has 0 atom stereocenters. The van der Waals surface area contributed by atoms with Crippen LogP contribution in [0.15, 0.2) is 217 Å². The average molecular weight is 822 g/mol. The zero-order valence-electron chi connectivity index (χ0n) is 33.9. The molecule has 0 spiro atoms. The summed E-state index contributed by atoms with van der Waals surface area (Å²) in [5, 5.41) is 4.42. The molecule has 0 fully saturated rings. The van der Waals surface area contributed by atoms with E-state index in [0.29, 0.717) is 17.5 Å². The molecule has 0 N–H and O–H groups in total. The first-order valence-electron chi connectivity index (χ1n) is 21.3. The fourth-order valence-corrected chi connectivity index (χ4v) is 11.4. The first-order valence-corrected chi connectivity index (χ1v) is 22.1. The van der Waals surface area contributed by atoms with Crippen LogP contribution in [0.1, 0.15) is 22.3 Å². The number of hydrogen-bond donors (Lipinski definition) is 0. The molecule has 63 heavy (non-hydrogen) atoms. The molecule has 0 unspecified atom stereocenters. The molecule has 0 amide bonds. The minimum Gasteiger partial charge on any atom is -0.456 e. The largest absolute Gasteiger partial charge is 0.456 e. The highest BCUT2D eigenvalue weighted by atomic mass is 32.1.